The second-order valence-corrected chi connectivity index (χ2v) is 7.28. The number of para-hydroxylation sites is 1. The molecule has 1 heterocycles. The number of amides is 2. The Morgan fingerprint density at radius 3 is 2.37 bits per heavy atom. The summed E-state index contributed by atoms with van der Waals surface area (Å²) in [7, 11) is 3.23. The second-order valence-electron chi connectivity index (χ2n) is 7.28. The number of benzene rings is 2. The van der Waals surface area contributed by atoms with E-state index in [0.29, 0.717) is 17.0 Å². The Balaban J connectivity index is 2.05. The third kappa shape index (κ3) is 4.09. The number of carbonyl (C=O) groups excluding carboxylic acids is 2. The van der Waals surface area contributed by atoms with Gasteiger partial charge in [-0.3, -0.25) is 9.59 Å². The summed E-state index contributed by atoms with van der Waals surface area (Å²) < 4.78 is 5.44. The van der Waals surface area contributed by atoms with Crippen molar-refractivity contribution in [2.45, 2.75) is 26.2 Å². The Bertz CT molecular complexity index is 950. The zero-order chi connectivity index (χ0) is 21.7. The molecule has 1 aliphatic rings. The number of hydrogen-bond donors (Lipinski definition) is 1. The Hall–Kier alpha value is -3.12. The van der Waals surface area contributed by atoms with Gasteiger partial charge in [0, 0.05) is 19.2 Å². The molecule has 0 spiro atoms. The molecular weight excluding hydrogens is 380 g/mol. The van der Waals surface area contributed by atoms with E-state index in [4.69, 9.17) is 4.74 Å². The van der Waals surface area contributed by atoms with Gasteiger partial charge in [0.1, 0.15) is 11.4 Å². The molecule has 30 heavy (non-hydrogen) atoms. The number of nitrogens with zero attached hydrogens (tertiary/aromatic N) is 2. The lowest BCUT2D eigenvalue weighted by atomic mass is 10.0. The number of unbranched alkanes of at least 4 members (excludes halogenated alkanes) is 1. The Labute approximate surface area is 177 Å². The quantitative estimate of drug-likeness (QED) is 0.645. The number of aliphatic hydroxyl groups is 1. The first kappa shape index (κ1) is 21.6. The van der Waals surface area contributed by atoms with Gasteiger partial charge in [0.25, 0.3) is 11.8 Å². The molecule has 0 unspecified atom stereocenters. The smallest absolute Gasteiger partial charge is 0.282 e. The van der Waals surface area contributed by atoms with Gasteiger partial charge in [-0.25, -0.2) is 4.90 Å². The van der Waals surface area contributed by atoms with Crippen molar-refractivity contribution in [1.29, 1.82) is 0 Å². The van der Waals surface area contributed by atoms with E-state index in [1.54, 1.807) is 30.1 Å². The first-order valence-corrected chi connectivity index (χ1v) is 10.2. The molecule has 2 aromatic rings. The number of anilines is 1. The maximum absolute atomic E-state index is 13.5. The van der Waals surface area contributed by atoms with Gasteiger partial charge >= 0.3 is 0 Å². The number of rotatable bonds is 9. The number of methoxy groups -OCH3 is 1. The lowest BCUT2D eigenvalue weighted by molar-refractivity contribution is -0.120. The van der Waals surface area contributed by atoms with Gasteiger partial charge in [0.05, 0.1) is 25.0 Å². The molecule has 0 bridgehead atoms. The van der Waals surface area contributed by atoms with Crippen molar-refractivity contribution >= 4 is 23.1 Å². The number of ether oxygens (including phenoxy) is 1. The minimum atomic E-state index is -0.404. The zero-order valence-corrected chi connectivity index (χ0v) is 17.7. The normalized spacial score (nSPS) is 13.9. The van der Waals surface area contributed by atoms with Crippen LogP contribution in [-0.2, 0) is 16.0 Å². The van der Waals surface area contributed by atoms with Crippen LogP contribution in [0.5, 0.6) is 5.75 Å². The molecule has 0 saturated carbocycles. The summed E-state index contributed by atoms with van der Waals surface area (Å²) in [4.78, 5) is 29.6. The van der Waals surface area contributed by atoms with Crippen molar-refractivity contribution in [3.8, 4) is 5.75 Å². The van der Waals surface area contributed by atoms with Crippen LogP contribution in [0.1, 0.15) is 30.9 Å². The number of imide groups is 1. The predicted octanol–water partition coefficient (Wildman–Crippen LogP) is 3.25. The van der Waals surface area contributed by atoms with Gasteiger partial charge in [0.2, 0.25) is 0 Å². The van der Waals surface area contributed by atoms with Crippen molar-refractivity contribution in [3.63, 3.8) is 0 Å². The fraction of sp³-hybridized carbons (Fsp3) is 0.333. The van der Waals surface area contributed by atoms with Gasteiger partial charge in [-0.15, -0.1) is 0 Å². The third-order valence-electron chi connectivity index (χ3n) is 5.27. The average molecular weight is 408 g/mol. The van der Waals surface area contributed by atoms with Gasteiger partial charge in [-0.05, 0) is 36.6 Å². The second kappa shape index (κ2) is 9.59. The third-order valence-corrected chi connectivity index (χ3v) is 5.27. The highest BCUT2D eigenvalue weighted by atomic mass is 16.5. The van der Waals surface area contributed by atoms with E-state index in [1.807, 2.05) is 30.3 Å². The fourth-order valence-corrected chi connectivity index (χ4v) is 3.66. The molecule has 0 aromatic heterocycles. The van der Waals surface area contributed by atoms with Crippen molar-refractivity contribution in [3.05, 3.63) is 65.4 Å². The van der Waals surface area contributed by atoms with Crippen molar-refractivity contribution in [2.24, 2.45) is 0 Å². The summed E-state index contributed by atoms with van der Waals surface area (Å²) in [6.45, 7) is 2.25. The summed E-state index contributed by atoms with van der Waals surface area (Å²) in [6.07, 6.45) is 3.17. The van der Waals surface area contributed by atoms with E-state index < -0.39 is 11.8 Å². The molecule has 0 radical (unpaired) electrons. The van der Waals surface area contributed by atoms with Crippen molar-refractivity contribution in [1.82, 2.24) is 4.90 Å². The molecule has 1 aliphatic heterocycles. The van der Waals surface area contributed by atoms with Crippen LogP contribution in [0.4, 0.5) is 5.69 Å². The average Bonchev–Trinajstić information content (AvgIpc) is 3.02. The molecule has 3 rings (SSSR count). The number of aliphatic hydroxyl groups excluding tert-OH is 1. The highest BCUT2D eigenvalue weighted by molar-refractivity contribution is 6.45. The highest BCUT2D eigenvalue weighted by Gasteiger charge is 2.42. The van der Waals surface area contributed by atoms with Crippen LogP contribution in [0, 0.1) is 0 Å². The lowest BCUT2D eigenvalue weighted by Crippen LogP contribution is -2.34. The van der Waals surface area contributed by atoms with Crippen molar-refractivity contribution in [2.75, 3.05) is 32.2 Å². The Morgan fingerprint density at radius 1 is 1.03 bits per heavy atom. The molecule has 2 amide bonds. The first-order valence-electron chi connectivity index (χ1n) is 10.2. The molecule has 158 valence electrons. The standard InChI is InChI=1S/C24H28N2O4/c1-4-5-8-17-11-13-18(14-12-17)26-23(28)21(19-9-6-7-10-20(19)30-3)22(24(26)29)25(2)15-16-27/h6-7,9-14,27H,4-5,8,15-16H2,1-3H3. The SMILES string of the molecule is CCCCc1ccc(N2C(=O)C(c3ccccc3OC)=C(N(C)CCO)C2=O)cc1. The van der Waals surface area contributed by atoms with Crippen LogP contribution in [0.2, 0.25) is 0 Å². The summed E-state index contributed by atoms with van der Waals surface area (Å²) >= 11 is 0. The molecular formula is C24H28N2O4. The van der Waals surface area contributed by atoms with E-state index in [2.05, 4.69) is 6.92 Å². The zero-order valence-electron chi connectivity index (χ0n) is 17.7. The van der Waals surface area contributed by atoms with E-state index in [-0.39, 0.29) is 24.4 Å². The number of carbonyl (C=O) groups is 2. The molecule has 2 aromatic carbocycles. The topological polar surface area (TPSA) is 70.1 Å². The van der Waals surface area contributed by atoms with E-state index in [0.717, 1.165) is 19.3 Å². The summed E-state index contributed by atoms with van der Waals surface area (Å²) in [5.74, 6) is -0.288. The molecule has 0 fully saturated rings. The van der Waals surface area contributed by atoms with E-state index in [9.17, 15) is 14.7 Å². The van der Waals surface area contributed by atoms with Gasteiger partial charge in [-0.2, -0.15) is 0 Å². The molecule has 0 saturated heterocycles. The van der Waals surface area contributed by atoms with Crippen LogP contribution in [0.25, 0.3) is 5.57 Å². The van der Waals surface area contributed by atoms with Crippen molar-refractivity contribution < 1.29 is 19.4 Å². The largest absolute Gasteiger partial charge is 0.496 e. The summed E-state index contributed by atoms with van der Waals surface area (Å²) in [5.41, 5.74) is 2.80. The monoisotopic (exact) mass is 408 g/mol. The molecule has 6 heteroatoms. The molecule has 6 nitrogen and oxygen atoms in total. The van der Waals surface area contributed by atoms with E-state index >= 15 is 0 Å². The van der Waals surface area contributed by atoms with Crippen LogP contribution >= 0.6 is 0 Å². The maximum Gasteiger partial charge on any atom is 0.282 e. The van der Waals surface area contributed by atoms with Crippen LogP contribution in [0.15, 0.2) is 54.2 Å². The summed E-state index contributed by atoms with van der Waals surface area (Å²) in [6, 6.07) is 14.7. The molecule has 0 atom stereocenters. The predicted molar refractivity (Wildman–Crippen MR) is 117 cm³/mol. The van der Waals surface area contributed by atoms with Crippen LogP contribution < -0.4 is 9.64 Å². The summed E-state index contributed by atoms with van der Waals surface area (Å²) in [5, 5.41) is 9.39. The van der Waals surface area contributed by atoms with Gasteiger partial charge < -0.3 is 14.7 Å². The number of aryl methyl sites for hydroxylation is 1. The first-order chi connectivity index (χ1) is 14.5. The van der Waals surface area contributed by atoms with Gasteiger partial charge in [0.15, 0.2) is 0 Å². The highest BCUT2D eigenvalue weighted by Crippen LogP contribution is 2.37. The van der Waals surface area contributed by atoms with Crippen LogP contribution in [-0.4, -0.2) is 49.1 Å². The number of likely N-dealkylation sites (N-methyl/N-ethyl adjacent to an activating group) is 1. The lowest BCUT2D eigenvalue weighted by Gasteiger charge is -2.20. The van der Waals surface area contributed by atoms with Gasteiger partial charge in [-0.1, -0.05) is 43.7 Å². The van der Waals surface area contributed by atoms with E-state index in [1.165, 1.54) is 17.6 Å². The molecule has 1 N–H and O–H groups in total. The molecule has 0 aliphatic carbocycles. The minimum absolute atomic E-state index is 0.132. The minimum Gasteiger partial charge on any atom is -0.496 e. The fourth-order valence-electron chi connectivity index (χ4n) is 3.66. The maximum atomic E-state index is 13.5. The number of hydrogen-bond acceptors (Lipinski definition) is 5. The Kier molecular flexibility index (Phi) is 6.90. The van der Waals surface area contributed by atoms with Crippen LogP contribution in [0.3, 0.4) is 0 Å². The Morgan fingerprint density at radius 2 is 1.73 bits per heavy atom.